The summed E-state index contributed by atoms with van der Waals surface area (Å²) in [5.74, 6) is -0.438. The first-order valence-corrected chi connectivity index (χ1v) is 12.1. The number of aromatic nitrogens is 2. The molecule has 1 saturated heterocycles. The number of carbonyl (C=O) groups excluding carboxylic acids is 1. The Morgan fingerprint density at radius 3 is 2.62 bits per heavy atom. The summed E-state index contributed by atoms with van der Waals surface area (Å²) in [6, 6.07) is 3.86. The van der Waals surface area contributed by atoms with Crippen molar-refractivity contribution in [3.05, 3.63) is 41.4 Å². The molecular formula is C18H20ClFN4O3S2. The molecule has 0 radical (unpaired) electrons. The van der Waals surface area contributed by atoms with Crippen molar-refractivity contribution in [2.45, 2.75) is 28.9 Å². The molecular weight excluding hydrogens is 439 g/mol. The van der Waals surface area contributed by atoms with E-state index < -0.39 is 15.8 Å². The van der Waals surface area contributed by atoms with Crippen molar-refractivity contribution in [2.75, 3.05) is 31.9 Å². The van der Waals surface area contributed by atoms with E-state index in [-0.39, 0.29) is 34.7 Å². The number of hydrogen-bond donors (Lipinski definition) is 0. The summed E-state index contributed by atoms with van der Waals surface area (Å²) in [6.07, 6.45) is 5.98. The summed E-state index contributed by atoms with van der Waals surface area (Å²) >= 11 is 7.12. The van der Waals surface area contributed by atoms with Crippen LogP contribution < -0.4 is 0 Å². The highest BCUT2D eigenvalue weighted by molar-refractivity contribution is 7.99. The van der Waals surface area contributed by atoms with E-state index in [0.717, 1.165) is 30.1 Å². The van der Waals surface area contributed by atoms with Crippen LogP contribution >= 0.6 is 23.4 Å². The number of piperazine rings is 1. The van der Waals surface area contributed by atoms with E-state index in [4.69, 9.17) is 11.6 Å². The third kappa shape index (κ3) is 4.45. The van der Waals surface area contributed by atoms with Gasteiger partial charge >= 0.3 is 0 Å². The van der Waals surface area contributed by atoms with Crippen LogP contribution in [-0.4, -0.2) is 65.0 Å². The predicted octanol–water partition coefficient (Wildman–Crippen LogP) is 2.64. The summed E-state index contributed by atoms with van der Waals surface area (Å²) in [4.78, 5) is 18.5. The van der Waals surface area contributed by atoms with Crippen molar-refractivity contribution in [1.29, 1.82) is 0 Å². The van der Waals surface area contributed by atoms with Gasteiger partial charge in [-0.15, -0.1) is 0 Å². The molecule has 0 atom stereocenters. The Bertz CT molecular complexity index is 1020. The number of hydrogen-bond acceptors (Lipinski definition) is 5. The fraction of sp³-hybridized carbons (Fsp3) is 0.444. The van der Waals surface area contributed by atoms with Crippen LogP contribution in [0.2, 0.25) is 5.02 Å². The number of halogens is 2. The molecule has 4 rings (SSSR count). The van der Waals surface area contributed by atoms with Gasteiger partial charge in [0.05, 0.1) is 15.7 Å². The van der Waals surface area contributed by atoms with E-state index in [9.17, 15) is 17.6 Å². The smallest absolute Gasteiger partial charge is 0.243 e. The van der Waals surface area contributed by atoms with Crippen molar-refractivity contribution in [3.63, 3.8) is 0 Å². The number of benzene rings is 1. The van der Waals surface area contributed by atoms with Gasteiger partial charge in [0, 0.05) is 44.6 Å². The van der Waals surface area contributed by atoms with Gasteiger partial charge in [-0.1, -0.05) is 23.4 Å². The second-order valence-corrected chi connectivity index (χ2v) is 10.3. The SMILES string of the molecule is O=C(CSc1nccn1C1CC1)N1CCN(S(=O)(=O)c2ccc(F)c(Cl)c2)CC1. The molecule has 1 aromatic carbocycles. The minimum Gasteiger partial charge on any atom is -0.339 e. The standard InChI is InChI=1S/C18H20ClFN4O3S2/c19-15-11-14(3-4-16(15)20)29(26,27)23-9-7-22(8-10-23)17(25)12-28-18-21-5-6-24(18)13-1-2-13/h3-6,11,13H,1-2,7-10,12H2. The van der Waals surface area contributed by atoms with Crippen LogP contribution in [0.3, 0.4) is 0 Å². The summed E-state index contributed by atoms with van der Waals surface area (Å²) in [6.45, 7) is 0.990. The highest BCUT2D eigenvalue weighted by atomic mass is 35.5. The fourth-order valence-corrected chi connectivity index (χ4v) is 5.85. The number of nitrogens with zero attached hydrogens (tertiary/aromatic N) is 4. The second kappa shape index (κ2) is 8.25. The molecule has 2 heterocycles. The molecule has 0 spiro atoms. The largest absolute Gasteiger partial charge is 0.339 e. The molecule has 1 aliphatic carbocycles. The number of rotatable bonds is 6. The molecule has 0 unspecified atom stereocenters. The number of carbonyl (C=O) groups is 1. The molecule has 1 aliphatic heterocycles. The third-order valence-corrected chi connectivity index (χ3v) is 8.17. The summed E-state index contributed by atoms with van der Waals surface area (Å²) in [7, 11) is -3.78. The topological polar surface area (TPSA) is 75.5 Å². The maximum absolute atomic E-state index is 13.3. The van der Waals surface area contributed by atoms with Gasteiger partial charge in [-0.3, -0.25) is 4.79 Å². The minimum atomic E-state index is -3.78. The molecule has 7 nitrogen and oxygen atoms in total. The highest BCUT2D eigenvalue weighted by Gasteiger charge is 2.31. The Labute approximate surface area is 177 Å². The Kier molecular flexibility index (Phi) is 5.87. The van der Waals surface area contributed by atoms with Gasteiger partial charge in [0.1, 0.15) is 5.82 Å². The van der Waals surface area contributed by atoms with E-state index in [1.54, 1.807) is 11.1 Å². The van der Waals surface area contributed by atoms with Gasteiger partial charge in [-0.05, 0) is 31.0 Å². The van der Waals surface area contributed by atoms with Crippen LogP contribution in [0.4, 0.5) is 4.39 Å². The van der Waals surface area contributed by atoms with Crippen molar-refractivity contribution in [3.8, 4) is 0 Å². The van der Waals surface area contributed by atoms with Crippen LogP contribution in [0.1, 0.15) is 18.9 Å². The number of sulfonamides is 1. The van der Waals surface area contributed by atoms with Gasteiger partial charge in [0.25, 0.3) is 0 Å². The zero-order valence-corrected chi connectivity index (χ0v) is 17.9. The fourth-order valence-electron chi connectivity index (χ4n) is 3.22. The normalized spacial score (nSPS) is 18.2. The van der Waals surface area contributed by atoms with Gasteiger partial charge in [-0.2, -0.15) is 4.31 Å². The summed E-state index contributed by atoms with van der Waals surface area (Å²) in [5, 5.41) is 0.608. The molecule has 0 bridgehead atoms. The van der Waals surface area contributed by atoms with Gasteiger partial charge in [0.15, 0.2) is 5.16 Å². The lowest BCUT2D eigenvalue weighted by atomic mass is 10.3. The Balaban J connectivity index is 1.33. The summed E-state index contributed by atoms with van der Waals surface area (Å²) < 4.78 is 42.2. The van der Waals surface area contributed by atoms with Gasteiger partial charge in [-0.25, -0.2) is 17.8 Å². The summed E-state index contributed by atoms with van der Waals surface area (Å²) in [5.41, 5.74) is 0. The van der Waals surface area contributed by atoms with Crippen LogP contribution in [0.5, 0.6) is 0 Å². The first-order valence-electron chi connectivity index (χ1n) is 9.25. The second-order valence-electron chi connectivity index (χ2n) is 7.00. The maximum atomic E-state index is 13.3. The van der Waals surface area contributed by atoms with Crippen molar-refractivity contribution >= 4 is 39.3 Å². The minimum absolute atomic E-state index is 0.0396. The Hall–Kier alpha value is -1.62. The van der Waals surface area contributed by atoms with Crippen LogP contribution in [0.15, 0.2) is 40.6 Å². The van der Waals surface area contributed by atoms with E-state index in [1.807, 2.05) is 6.20 Å². The first kappa shape index (κ1) is 20.6. The van der Waals surface area contributed by atoms with Gasteiger partial charge in [0.2, 0.25) is 15.9 Å². The lowest BCUT2D eigenvalue weighted by Gasteiger charge is -2.34. The molecule has 156 valence electrons. The molecule has 0 N–H and O–H groups in total. The van der Waals surface area contributed by atoms with E-state index in [0.29, 0.717) is 19.1 Å². The predicted molar refractivity (Wildman–Crippen MR) is 108 cm³/mol. The van der Waals surface area contributed by atoms with Crippen molar-refractivity contribution in [2.24, 2.45) is 0 Å². The lowest BCUT2D eigenvalue weighted by Crippen LogP contribution is -2.51. The molecule has 2 aliphatic rings. The maximum Gasteiger partial charge on any atom is 0.243 e. The quantitative estimate of drug-likeness (QED) is 0.622. The molecule has 2 aromatic rings. The van der Waals surface area contributed by atoms with Crippen molar-refractivity contribution < 1.29 is 17.6 Å². The van der Waals surface area contributed by atoms with Crippen LogP contribution in [0, 0.1) is 5.82 Å². The molecule has 29 heavy (non-hydrogen) atoms. The van der Waals surface area contributed by atoms with Crippen LogP contribution in [-0.2, 0) is 14.8 Å². The number of amides is 1. The molecule has 1 aromatic heterocycles. The lowest BCUT2D eigenvalue weighted by molar-refractivity contribution is -0.129. The first-order chi connectivity index (χ1) is 13.9. The third-order valence-electron chi connectivity index (χ3n) is 5.02. The Morgan fingerprint density at radius 1 is 1.24 bits per heavy atom. The average Bonchev–Trinajstić information content (AvgIpc) is 3.46. The van der Waals surface area contributed by atoms with E-state index in [1.165, 1.54) is 22.1 Å². The highest BCUT2D eigenvalue weighted by Crippen LogP contribution is 2.37. The molecule has 2 fully saturated rings. The molecule has 11 heteroatoms. The molecule has 1 amide bonds. The van der Waals surface area contributed by atoms with E-state index >= 15 is 0 Å². The zero-order chi connectivity index (χ0) is 20.6. The van der Waals surface area contributed by atoms with Gasteiger partial charge < -0.3 is 9.47 Å². The number of thioether (sulfide) groups is 1. The van der Waals surface area contributed by atoms with Crippen molar-refractivity contribution in [1.82, 2.24) is 18.8 Å². The monoisotopic (exact) mass is 458 g/mol. The Morgan fingerprint density at radius 2 is 1.97 bits per heavy atom. The average molecular weight is 459 g/mol. The number of imidazole rings is 1. The molecule has 1 saturated carbocycles. The zero-order valence-electron chi connectivity index (χ0n) is 15.5. The van der Waals surface area contributed by atoms with Crippen LogP contribution in [0.25, 0.3) is 0 Å². The van der Waals surface area contributed by atoms with E-state index in [2.05, 4.69) is 9.55 Å².